The molecule has 6 fully saturated rings. The lowest BCUT2D eigenvalue weighted by atomic mass is 9.54. The summed E-state index contributed by atoms with van der Waals surface area (Å²) in [7, 11) is 0. The highest BCUT2D eigenvalue weighted by molar-refractivity contribution is 5.37. The van der Waals surface area contributed by atoms with E-state index in [0.717, 1.165) is 43.3 Å². The van der Waals surface area contributed by atoms with E-state index in [1.165, 1.54) is 0 Å². The molecule has 2 unspecified atom stereocenters. The standard InChI is InChI=1S/C25H32O6/c1-14(2)22-13-16(4)25-17(20(22)28-21(5,29-22)30-25)11-15(3)12-23-18(25)7-8-19(23)27-24(31-23)9-6-10-26-24/h7-8,16-20H,1,3,6,9-13H2,2,4-5H3/t16-,17+,18-,19+,20-,21?,22-,23-,24?,25-/m1/s1. The summed E-state index contributed by atoms with van der Waals surface area (Å²) >= 11 is 0. The van der Waals surface area contributed by atoms with Gasteiger partial charge >= 0.3 is 0 Å². The summed E-state index contributed by atoms with van der Waals surface area (Å²) in [6.45, 7) is 15.7. The Morgan fingerprint density at radius 2 is 2.00 bits per heavy atom. The van der Waals surface area contributed by atoms with Crippen LogP contribution in [0.5, 0.6) is 0 Å². The molecule has 7 rings (SSSR count). The van der Waals surface area contributed by atoms with Gasteiger partial charge in [0.15, 0.2) is 0 Å². The van der Waals surface area contributed by atoms with Crippen molar-refractivity contribution in [2.24, 2.45) is 17.8 Å². The van der Waals surface area contributed by atoms with Crippen molar-refractivity contribution in [2.75, 3.05) is 6.61 Å². The molecule has 4 heterocycles. The molecule has 2 spiro atoms. The predicted octanol–water partition coefficient (Wildman–Crippen LogP) is 3.97. The van der Waals surface area contributed by atoms with Gasteiger partial charge in [-0.25, -0.2) is 0 Å². The van der Waals surface area contributed by atoms with E-state index in [1.54, 1.807) is 0 Å². The van der Waals surface area contributed by atoms with Crippen molar-refractivity contribution in [3.8, 4) is 0 Å². The van der Waals surface area contributed by atoms with Gasteiger partial charge in [0.05, 0.1) is 12.2 Å². The molecule has 168 valence electrons. The van der Waals surface area contributed by atoms with E-state index in [1.807, 2.05) is 6.92 Å². The van der Waals surface area contributed by atoms with E-state index < -0.39 is 28.7 Å². The minimum absolute atomic E-state index is 0.00312. The molecule has 7 aliphatic rings. The summed E-state index contributed by atoms with van der Waals surface area (Å²) in [6.07, 6.45) is 8.24. The summed E-state index contributed by atoms with van der Waals surface area (Å²) in [5, 5.41) is 0. The molecule has 0 amide bonds. The Balaban J connectivity index is 1.41. The molecule has 6 nitrogen and oxygen atoms in total. The second-order valence-corrected chi connectivity index (χ2v) is 11.1. The molecule has 0 radical (unpaired) electrons. The molecule has 6 heteroatoms. The molecule has 0 N–H and O–H groups in total. The zero-order valence-electron chi connectivity index (χ0n) is 18.6. The minimum atomic E-state index is -1.09. The molecular formula is C25H32O6. The molecule has 0 aromatic rings. The zero-order chi connectivity index (χ0) is 21.4. The lowest BCUT2D eigenvalue weighted by Gasteiger charge is -2.59. The molecular weight excluding hydrogens is 396 g/mol. The lowest BCUT2D eigenvalue weighted by molar-refractivity contribution is -0.421. The van der Waals surface area contributed by atoms with Crippen LogP contribution in [-0.2, 0) is 28.4 Å². The SMILES string of the molecule is C=C1C[C@H]2[C@H]3OC4(C)O[C@@]2([C@H](C)C[C@]3(C(=C)C)O4)[C@@H]2C=C[C@@H]3OC4(CCCO4)O[C@@]32C1. The molecule has 4 aliphatic heterocycles. The molecule has 0 aromatic carbocycles. The van der Waals surface area contributed by atoms with Crippen molar-refractivity contribution >= 4 is 0 Å². The van der Waals surface area contributed by atoms with E-state index in [9.17, 15) is 0 Å². The van der Waals surface area contributed by atoms with Crippen LogP contribution in [-0.4, -0.2) is 47.6 Å². The van der Waals surface area contributed by atoms with Gasteiger partial charge in [-0.05, 0) is 37.7 Å². The number of ether oxygens (including phenoxy) is 6. The van der Waals surface area contributed by atoms with Gasteiger partial charge in [-0.2, -0.15) is 0 Å². The maximum absolute atomic E-state index is 6.98. The highest BCUT2D eigenvalue weighted by atomic mass is 16.9. The Kier molecular flexibility index (Phi) is 3.48. The molecule has 3 bridgehead atoms. The Morgan fingerprint density at radius 1 is 1.16 bits per heavy atom. The first kappa shape index (κ1) is 19.4. The van der Waals surface area contributed by atoms with Gasteiger partial charge in [-0.3, -0.25) is 0 Å². The average Bonchev–Trinajstić information content (AvgIpc) is 3.36. The number of hydrogen-bond acceptors (Lipinski definition) is 6. The van der Waals surface area contributed by atoms with Gasteiger partial charge < -0.3 is 28.4 Å². The average molecular weight is 429 g/mol. The van der Waals surface area contributed by atoms with Crippen LogP contribution in [0.25, 0.3) is 0 Å². The summed E-state index contributed by atoms with van der Waals surface area (Å²) < 4.78 is 39.4. The van der Waals surface area contributed by atoms with Crippen molar-refractivity contribution < 1.29 is 28.4 Å². The summed E-state index contributed by atoms with van der Waals surface area (Å²) in [5.41, 5.74) is 0.569. The van der Waals surface area contributed by atoms with Crippen LogP contribution in [0.4, 0.5) is 0 Å². The second-order valence-electron chi connectivity index (χ2n) is 11.1. The van der Waals surface area contributed by atoms with E-state index in [2.05, 4.69) is 39.2 Å². The van der Waals surface area contributed by atoms with Gasteiger partial charge in [0.2, 0.25) is 0 Å². The Morgan fingerprint density at radius 3 is 2.74 bits per heavy atom. The van der Waals surface area contributed by atoms with Gasteiger partial charge in [0.1, 0.15) is 23.4 Å². The van der Waals surface area contributed by atoms with Gasteiger partial charge in [-0.1, -0.05) is 37.8 Å². The smallest absolute Gasteiger partial charge is 0.284 e. The molecule has 4 saturated heterocycles. The fourth-order valence-electron chi connectivity index (χ4n) is 8.23. The normalized spacial score (nSPS) is 60.9. The Labute approximate surface area is 183 Å². The van der Waals surface area contributed by atoms with Crippen LogP contribution in [0, 0.1) is 17.8 Å². The predicted molar refractivity (Wildman–Crippen MR) is 111 cm³/mol. The third-order valence-corrected chi connectivity index (χ3v) is 9.19. The Bertz CT molecular complexity index is 921. The van der Waals surface area contributed by atoms with E-state index in [-0.39, 0.29) is 30.0 Å². The monoisotopic (exact) mass is 428 g/mol. The van der Waals surface area contributed by atoms with Gasteiger partial charge in [0.25, 0.3) is 11.9 Å². The van der Waals surface area contributed by atoms with Gasteiger partial charge in [-0.15, -0.1) is 0 Å². The van der Waals surface area contributed by atoms with Crippen LogP contribution < -0.4 is 0 Å². The maximum Gasteiger partial charge on any atom is 0.284 e. The van der Waals surface area contributed by atoms with E-state index in [4.69, 9.17) is 28.4 Å². The fraction of sp³-hybridized carbons (Fsp3) is 0.760. The van der Waals surface area contributed by atoms with Crippen molar-refractivity contribution in [3.63, 3.8) is 0 Å². The first-order valence-electron chi connectivity index (χ1n) is 11.8. The van der Waals surface area contributed by atoms with Crippen molar-refractivity contribution in [3.05, 3.63) is 36.5 Å². The molecule has 0 aromatic heterocycles. The van der Waals surface area contributed by atoms with Crippen LogP contribution in [0.2, 0.25) is 0 Å². The molecule has 31 heavy (non-hydrogen) atoms. The zero-order valence-corrected chi connectivity index (χ0v) is 18.6. The van der Waals surface area contributed by atoms with Crippen LogP contribution >= 0.6 is 0 Å². The highest BCUT2D eigenvalue weighted by Gasteiger charge is 2.80. The number of hydrogen-bond donors (Lipinski definition) is 0. The van der Waals surface area contributed by atoms with Crippen molar-refractivity contribution in [2.45, 2.75) is 93.8 Å². The quantitative estimate of drug-likeness (QED) is 0.589. The topological polar surface area (TPSA) is 55.4 Å². The van der Waals surface area contributed by atoms with Crippen LogP contribution in [0.15, 0.2) is 36.5 Å². The fourth-order valence-corrected chi connectivity index (χ4v) is 8.23. The van der Waals surface area contributed by atoms with Crippen LogP contribution in [0.3, 0.4) is 0 Å². The first-order chi connectivity index (χ1) is 14.7. The summed E-state index contributed by atoms with van der Waals surface area (Å²) in [6, 6.07) is 0. The summed E-state index contributed by atoms with van der Waals surface area (Å²) in [4.78, 5) is 0. The largest absolute Gasteiger partial charge is 0.327 e. The van der Waals surface area contributed by atoms with Crippen molar-refractivity contribution in [1.82, 2.24) is 0 Å². The lowest BCUT2D eigenvalue weighted by Crippen LogP contribution is -2.70. The van der Waals surface area contributed by atoms with Crippen LogP contribution in [0.1, 0.15) is 52.9 Å². The number of fused-ring (bicyclic) bond motifs is 1. The Hall–Kier alpha value is -1.02. The molecule has 3 aliphatic carbocycles. The van der Waals surface area contributed by atoms with Gasteiger partial charge in [0, 0.05) is 31.6 Å². The first-order valence-corrected chi connectivity index (χ1v) is 11.8. The summed E-state index contributed by atoms with van der Waals surface area (Å²) in [5.74, 6) is -1.70. The maximum atomic E-state index is 6.98. The van der Waals surface area contributed by atoms with E-state index in [0.29, 0.717) is 6.61 Å². The second kappa shape index (κ2) is 5.54. The number of rotatable bonds is 1. The molecule has 10 atom stereocenters. The van der Waals surface area contributed by atoms with E-state index >= 15 is 0 Å². The minimum Gasteiger partial charge on any atom is -0.327 e. The third kappa shape index (κ3) is 2.07. The van der Waals surface area contributed by atoms with Crippen molar-refractivity contribution in [1.29, 1.82) is 0 Å². The highest BCUT2D eigenvalue weighted by Crippen LogP contribution is 2.70. The third-order valence-electron chi connectivity index (χ3n) is 9.19. The molecule has 2 saturated carbocycles.